The predicted octanol–water partition coefficient (Wildman–Crippen LogP) is 0.491. The van der Waals surface area contributed by atoms with Crippen LogP contribution in [0.15, 0.2) is 35.2 Å². The van der Waals surface area contributed by atoms with E-state index in [-0.39, 0.29) is 19.0 Å². The molecule has 0 aromatic carbocycles. The molecule has 94 valence electrons. The Morgan fingerprint density at radius 3 is 2.94 bits per heavy atom. The minimum absolute atomic E-state index is 0.230. The molecule has 0 atom stereocenters. The molecule has 2 aromatic heterocycles. The van der Waals surface area contributed by atoms with Gasteiger partial charge < -0.3 is 19.5 Å². The lowest BCUT2D eigenvalue weighted by atomic mass is 10.3. The SMILES string of the molecule is O=C(O)Cn1cccc1C(=O)NCc1ccon1. The zero-order valence-corrected chi connectivity index (χ0v) is 9.37. The summed E-state index contributed by atoms with van der Waals surface area (Å²) in [5, 5.41) is 15.0. The van der Waals surface area contributed by atoms with Crippen LogP contribution in [0.5, 0.6) is 0 Å². The van der Waals surface area contributed by atoms with Gasteiger partial charge in [0.05, 0.1) is 6.54 Å². The lowest BCUT2D eigenvalue weighted by Crippen LogP contribution is -2.26. The van der Waals surface area contributed by atoms with Crippen LogP contribution in [0.2, 0.25) is 0 Å². The van der Waals surface area contributed by atoms with Gasteiger partial charge in [-0.15, -0.1) is 0 Å². The molecule has 18 heavy (non-hydrogen) atoms. The summed E-state index contributed by atoms with van der Waals surface area (Å²) in [6.07, 6.45) is 2.95. The average Bonchev–Trinajstić information content (AvgIpc) is 2.95. The summed E-state index contributed by atoms with van der Waals surface area (Å²) < 4.78 is 5.99. The number of hydrogen-bond acceptors (Lipinski definition) is 4. The minimum atomic E-state index is -1.00. The van der Waals surface area contributed by atoms with Gasteiger partial charge in [0, 0.05) is 12.3 Å². The lowest BCUT2D eigenvalue weighted by Gasteiger charge is -2.06. The number of carboxylic acids is 1. The second-order valence-corrected chi connectivity index (χ2v) is 3.59. The first kappa shape index (κ1) is 11.9. The fourth-order valence-corrected chi connectivity index (χ4v) is 1.49. The molecule has 0 unspecified atom stereocenters. The summed E-state index contributed by atoms with van der Waals surface area (Å²) in [4.78, 5) is 22.4. The van der Waals surface area contributed by atoms with Gasteiger partial charge in [0.2, 0.25) is 0 Å². The number of nitrogens with one attached hydrogen (secondary N) is 1. The van der Waals surface area contributed by atoms with Crippen molar-refractivity contribution in [3.63, 3.8) is 0 Å². The van der Waals surface area contributed by atoms with Crippen LogP contribution < -0.4 is 5.32 Å². The van der Waals surface area contributed by atoms with Crippen LogP contribution in [0.25, 0.3) is 0 Å². The van der Waals surface area contributed by atoms with Crippen LogP contribution in [-0.4, -0.2) is 26.7 Å². The second-order valence-electron chi connectivity index (χ2n) is 3.59. The zero-order chi connectivity index (χ0) is 13.0. The van der Waals surface area contributed by atoms with Gasteiger partial charge in [-0.05, 0) is 12.1 Å². The standard InChI is InChI=1S/C11H11N3O4/c15-10(16)7-14-4-1-2-9(14)11(17)12-6-8-3-5-18-13-8/h1-5H,6-7H2,(H,12,17)(H,15,16). The van der Waals surface area contributed by atoms with Crippen LogP contribution in [0.4, 0.5) is 0 Å². The summed E-state index contributed by atoms with van der Waals surface area (Å²) >= 11 is 0. The number of hydrogen-bond donors (Lipinski definition) is 2. The Labute approximate surface area is 102 Å². The Morgan fingerprint density at radius 2 is 2.28 bits per heavy atom. The van der Waals surface area contributed by atoms with Crippen LogP contribution >= 0.6 is 0 Å². The largest absolute Gasteiger partial charge is 0.480 e. The summed E-state index contributed by atoms with van der Waals surface area (Å²) in [7, 11) is 0. The van der Waals surface area contributed by atoms with Crippen LogP contribution in [0, 0.1) is 0 Å². The number of carboxylic acid groups (broad SMARTS) is 1. The van der Waals surface area contributed by atoms with E-state index in [0.29, 0.717) is 11.4 Å². The van der Waals surface area contributed by atoms with Crippen molar-refractivity contribution in [1.29, 1.82) is 0 Å². The molecule has 2 rings (SSSR count). The molecular weight excluding hydrogens is 238 g/mol. The predicted molar refractivity (Wildman–Crippen MR) is 59.7 cm³/mol. The number of amides is 1. The smallest absolute Gasteiger partial charge is 0.323 e. The molecule has 0 bridgehead atoms. The molecule has 7 nitrogen and oxygen atoms in total. The van der Waals surface area contributed by atoms with Gasteiger partial charge in [0.1, 0.15) is 24.2 Å². The van der Waals surface area contributed by atoms with E-state index in [0.717, 1.165) is 0 Å². The lowest BCUT2D eigenvalue weighted by molar-refractivity contribution is -0.137. The molecule has 0 radical (unpaired) electrons. The molecule has 0 saturated heterocycles. The summed E-state index contributed by atoms with van der Waals surface area (Å²) in [6, 6.07) is 4.81. The van der Waals surface area contributed by atoms with E-state index in [1.165, 1.54) is 10.8 Å². The van der Waals surface area contributed by atoms with Crippen LogP contribution in [0.1, 0.15) is 16.2 Å². The third-order valence-electron chi connectivity index (χ3n) is 2.29. The van der Waals surface area contributed by atoms with Crippen molar-refractivity contribution in [3.8, 4) is 0 Å². The van der Waals surface area contributed by atoms with E-state index in [1.807, 2.05) is 0 Å². The highest BCUT2D eigenvalue weighted by molar-refractivity contribution is 5.93. The van der Waals surface area contributed by atoms with Gasteiger partial charge in [0.25, 0.3) is 5.91 Å². The van der Waals surface area contributed by atoms with Crippen molar-refractivity contribution in [1.82, 2.24) is 15.0 Å². The Kier molecular flexibility index (Phi) is 3.42. The van der Waals surface area contributed by atoms with E-state index in [1.54, 1.807) is 24.4 Å². The first-order valence-corrected chi connectivity index (χ1v) is 5.21. The molecular formula is C11H11N3O4. The quantitative estimate of drug-likeness (QED) is 0.803. The van der Waals surface area contributed by atoms with Crippen molar-refractivity contribution in [3.05, 3.63) is 42.0 Å². The van der Waals surface area contributed by atoms with Gasteiger partial charge in [0.15, 0.2) is 0 Å². The van der Waals surface area contributed by atoms with Gasteiger partial charge in [-0.3, -0.25) is 9.59 Å². The molecule has 0 aliphatic carbocycles. The van der Waals surface area contributed by atoms with E-state index in [2.05, 4.69) is 15.0 Å². The van der Waals surface area contributed by atoms with Gasteiger partial charge in [-0.2, -0.15) is 0 Å². The Bertz CT molecular complexity index is 544. The van der Waals surface area contributed by atoms with E-state index in [9.17, 15) is 9.59 Å². The minimum Gasteiger partial charge on any atom is -0.480 e. The van der Waals surface area contributed by atoms with Crippen molar-refractivity contribution in [2.24, 2.45) is 0 Å². The van der Waals surface area contributed by atoms with Crippen LogP contribution in [0.3, 0.4) is 0 Å². The summed E-state index contributed by atoms with van der Waals surface area (Å²) in [5.41, 5.74) is 0.889. The monoisotopic (exact) mass is 249 g/mol. The maximum absolute atomic E-state index is 11.8. The maximum Gasteiger partial charge on any atom is 0.323 e. The van der Waals surface area contributed by atoms with Gasteiger partial charge >= 0.3 is 5.97 Å². The third-order valence-corrected chi connectivity index (χ3v) is 2.29. The Morgan fingerprint density at radius 1 is 1.44 bits per heavy atom. The topological polar surface area (TPSA) is 97.4 Å². The van der Waals surface area contributed by atoms with E-state index < -0.39 is 5.97 Å². The molecule has 2 aromatic rings. The van der Waals surface area contributed by atoms with Gasteiger partial charge in [-0.25, -0.2) is 0 Å². The van der Waals surface area contributed by atoms with Gasteiger partial charge in [-0.1, -0.05) is 5.16 Å². The third kappa shape index (κ3) is 2.76. The molecule has 0 aliphatic rings. The summed E-state index contributed by atoms with van der Waals surface area (Å²) in [5.74, 6) is -1.36. The van der Waals surface area contributed by atoms with Crippen molar-refractivity contribution in [2.45, 2.75) is 13.1 Å². The second kappa shape index (κ2) is 5.17. The number of carbonyl (C=O) groups excluding carboxylic acids is 1. The summed E-state index contributed by atoms with van der Waals surface area (Å²) in [6.45, 7) is -0.0205. The highest BCUT2D eigenvalue weighted by Crippen LogP contribution is 2.03. The molecule has 7 heteroatoms. The van der Waals surface area contributed by atoms with Crippen molar-refractivity contribution < 1.29 is 19.2 Å². The highest BCUT2D eigenvalue weighted by Gasteiger charge is 2.12. The van der Waals surface area contributed by atoms with E-state index in [4.69, 9.17) is 5.11 Å². The normalized spacial score (nSPS) is 10.2. The highest BCUT2D eigenvalue weighted by atomic mass is 16.5. The molecule has 0 saturated carbocycles. The maximum atomic E-state index is 11.8. The molecule has 2 N–H and O–H groups in total. The molecule has 0 fully saturated rings. The number of aliphatic carboxylic acids is 1. The molecule has 1 amide bonds. The molecule has 0 spiro atoms. The molecule has 0 aliphatic heterocycles. The van der Waals surface area contributed by atoms with Crippen molar-refractivity contribution in [2.75, 3.05) is 0 Å². The fraction of sp³-hybridized carbons (Fsp3) is 0.182. The Hall–Kier alpha value is -2.57. The number of rotatable bonds is 5. The Balaban J connectivity index is 2.00. The average molecular weight is 249 g/mol. The molecule has 2 heterocycles. The first-order chi connectivity index (χ1) is 8.66. The van der Waals surface area contributed by atoms with E-state index >= 15 is 0 Å². The first-order valence-electron chi connectivity index (χ1n) is 5.21. The number of nitrogens with zero attached hydrogens (tertiary/aromatic N) is 2. The number of aromatic nitrogens is 2. The van der Waals surface area contributed by atoms with Crippen molar-refractivity contribution >= 4 is 11.9 Å². The zero-order valence-electron chi connectivity index (χ0n) is 9.37. The fourth-order valence-electron chi connectivity index (χ4n) is 1.49. The number of carbonyl (C=O) groups is 2. The van der Waals surface area contributed by atoms with Crippen LogP contribution in [-0.2, 0) is 17.9 Å².